The van der Waals surface area contributed by atoms with Crippen molar-refractivity contribution in [3.8, 4) is 22.7 Å². The molecule has 3 aromatic carbocycles. The Kier molecular flexibility index (Phi) is 8.37. The Bertz CT molecular complexity index is 1600. The molecule has 0 radical (unpaired) electrons. The molecular formula is C30H24FN3O4S2. The van der Waals surface area contributed by atoms with Gasteiger partial charge >= 0.3 is 5.97 Å². The van der Waals surface area contributed by atoms with E-state index in [-0.39, 0.29) is 31.3 Å². The van der Waals surface area contributed by atoms with Gasteiger partial charge in [0.15, 0.2) is 0 Å². The van der Waals surface area contributed by atoms with Crippen molar-refractivity contribution in [3.05, 3.63) is 107 Å². The summed E-state index contributed by atoms with van der Waals surface area (Å²) in [6.45, 7) is 0.317. The molecule has 10 heteroatoms. The number of hydrogen-bond acceptors (Lipinski definition) is 6. The van der Waals surface area contributed by atoms with E-state index in [4.69, 9.17) is 27.2 Å². The Balaban J connectivity index is 1.46. The van der Waals surface area contributed by atoms with Gasteiger partial charge in [-0.2, -0.15) is 5.10 Å². The average Bonchev–Trinajstić information content (AvgIpc) is 3.49. The SMILES string of the molecule is O=C(O)CCCN1C(=O)/C(=C/c2cn(-c3ccccc3)nc2-c2cccc(OCc3ccccc3F)c2)SC1=S. The van der Waals surface area contributed by atoms with Gasteiger partial charge in [-0.25, -0.2) is 9.07 Å². The van der Waals surface area contributed by atoms with E-state index in [2.05, 4.69) is 0 Å². The number of carboxylic acid groups (broad SMARTS) is 1. The monoisotopic (exact) mass is 573 g/mol. The van der Waals surface area contributed by atoms with E-state index in [0.29, 0.717) is 38.2 Å². The average molecular weight is 574 g/mol. The first-order valence-electron chi connectivity index (χ1n) is 12.5. The van der Waals surface area contributed by atoms with Crippen molar-refractivity contribution < 1.29 is 23.8 Å². The standard InChI is InChI=1S/C30H24FN3O4S2/c31-25-13-5-4-8-21(25)19-38-24-12-6-9-20(16-24)28-22(18-34(32-28)23-10-2-1-3-11-23)17-26-29(37)33(30(39)40-26)15-7-14-27(35)36/h1-6,8-13,16-18H,7,14-15,19H2,(H,35,36)/b26-17-. The van der Waals surface area contributed by atoms with Gasteiger partial charge in [-0.05, 0) is 42.8 Å². The molecule has 1 saturated heterocycles. The van der Waals surface area contributed by atoms with Crippen LogP contribution >= 0.6 is 24.0 Å². The molecule has 0 bridgehead atoms. The van der Waals surface area contributed by atoms with Gasteiger partial charge in [-0.15, -0.1) is 0 Å². The van der Waals surface area contributed by atoms with Crippen molar-refractivity contribution in [1.82, 2.24) is 14.7 Å². The summed E-state index contributed by atoms with van der Waals surface area (Å²) in [6.07, 6.45) is 3.87. The van der Waals surface area contributed by atoms with Crippen LogP contribution in [0.5, 0.6) is 5.75 Å². The maximum Gasteiger partial charge on any atom is 0.303 e. The highest BCUT2D eigenvalue weighted by molar-refractivity contribution is 8.26. The zero-order valence-electron chi connectivity index (χ0n) is 21.2. The maximum atomic E-state index is 14.1. The van der Waals surface area contributed by atoms with E-state index in [1.165, 1.54) is 22.7 Å². The largest absolute Gasteiger partial charge is 0.489 e. The molecule has 7 nitrogen and oxygen atoms in total. The molecule has 0 saturated carbocycles. The van der Waals surface area contributed by atoms with Crippen molar-refractivity contribution in [2.24, 2.45) is 0 Å². The Morgan fingerprint density at radius 1 is 1.07 bits per heavy atom. The predicted octanol–water partition coefficient (Wildman–Crippen LogP) is 6.32. The highest BCUT2D eigenvalue weighted by Gasteiger charge is 2.32. The minimum atomic E-state index is -0.918. The lowest BCUT2D eigenvalue weighted by Crippen LogP contribution is -2.29. The highest BCUT2D eigenvalue weighted by atomic mass is 32.2. The van der Waals surface area contributed by atoms with Crippen LogP contribution in [0.4, 0.5) is 4.39 Å². The first kappa shape index (κ1) is 27.3. The van der Waals surface area contributed by atoms with Crippen LogP contribution in [0.1, 0.15) is 24.0 Å². The summed E-state index contributed by atoms with van der Waals surface area (Å²) in [5.74, 6) is -0.964. The third kappa shape index (κ3) is 6.30. The molecule has 0 spiro atoms. The van der Waals surface area contributed by atoms with Gasteiger partial charge < -0.3 is 9.84 Å². The van der Waals surface area contributed by atoms with Crippen molar-refractivity contribution in [3.63, 3.8) is 0 Å². The van der Waals surface area contributed by atoms with Crippen molar-refractivity contribution in [1.29, 1.82) is 0 Å². The number of benzene rings is 3. The van der Waals surface area contributed by atoms with Crippen LogP contribution < -0.4 is 4.74 Å². The van der Waals surface area contributed by atoms with Crippen LogP contribution in [0, 0.1) is 5.82 Å². The summed E-state index contributed by atoms with van der Waals surface area (Å²) >= 11 is 6.59. The van der Waals surface area contributed by atoms with Gasteiger partial charge in [-0.3, -0.25) is 14.5 Å². The van der Waals surface area contributed by atoms with Gasteiger partial charge in [0.25, 0.3) is 5.91 Å². The van der Waals surface area contributed by atoms with Crippen LogP contribution in [-0.2, 0) is 16.2 Å². The van der Waals surface area contributed by atoms with Gasteiger partial charge in [0.1, 0.15) is 28.2 Å². The lowest BCUT2D eigenvalue weighted by Gasteiger charge is -2.13. The molecule has 0 atom stereocenters. The second-order valence-corrected chi connectivity index (χ2v) is 10.6. The molecule has 1 N–H and O–H groups in total. The molecule has 1 aliphatic heterocycles. The number of halogens is 1. The maximum absolute atomic E-state index is 14.1. The number of thiocarbonyl (C=S) groups is 1. The number of thioether (sulfide) groups is 1. The number of para-hydroxylation sites is 1. The van der Waals surface area contributed by atoms with Crippen LogP contribution in [0.25, 0.3) is 23.0 Å². The second-order valence-electron chi connectivity index (χ2n) is 8.95. The molecule has 1 amide bonds. The fraction of sp³-hybridized carbons (Fsp3) is 0.133. The lowest BCUT2D eigenvalue weighted by atomic mass is 10.1. The Morgan fingerprint density at radius 2 is 1.85 bits per heavy atom. The first-order chi connectivity index (χ1) is 19.4. The summed E-state index contributed by atoms with van der Waals surface area (Å²) in [5.41, 5.74) is 3.37. The number of carbonyl (C=O) groups is 2. The van der Waals surface area contributed by atoms with E-state index in [1.54, 1.807) is 35.0 Å². The van der Waals surface area contributed by atoms with Crippen LogP contribution in [0.15, 0.2) is 90.0 Å². The lowest BCUT2D eigenvalue weighted by molar-refractivity contribution is -0.137. The zero-order valence-corrected chi connectivity index (χ0v) is 22.8. The number of nitrogens with zero attached hydrogens (tertiary/aromatic N) is 3. The molecule has 5 rings (SSSR count). The number of aliphatic carboxylic acids is 1. The molecule has 40 heavy (non-hydrogen) atoms. The van der Waals surface area contributed by atoms with E-state index in [1.807, 2.05) is 54.7 Å². The number of carboxylic acids is 1. The van der Waals surface area contributed by atoms with Gasteiger partial charge in [-0.1, -0.05) is 72.5 Å². The number of hydrogen-bond donors (Lipinski definition) is 1. The topological polar surface area (TPSA) is 84.7 Å². The van der Waals surface area contributed by atoms with Crippen LogP contribution in [0.2, 0.25) is 0 Å². The molecule has 0 aliphatic carbocycles. The molecular weight excluding hydrogens is 549 g/mol. The fourth-order valence-corrected chi connectivity index (χ4v) is 5.46. The minimum Gasteiger partial charge on any atom is -0.489 e. The van der Waals surface area contributed by atoms with Gasteiger partial charge in [0, 0.05) is 35.9 Å². The van der Waals surface area contributed by atoms with Crippen molar-refractivity contribution in [2.45, 2.75) is 19.4 Å². The number of amides is 1. The Labute approximate surface area is 239 Å². The summed E-state index contributed by atoms with van der Waals surface area (Å²) in [4.78, 5) is 25.9. The third-order valence-electron chi connectivity index (χ3n) is 6.16. The zero-order chi connectivity index (χ0) is 28.1. The Morgan fingerprint density at radius 3 is 2.62 bits per heavy atom. The number of ether oxygens (including phenoxy) is 1. The molecule has 1 aliphatic rings. The smallest absolute Gasteiger partial charge is 0.303 e. The highest BCUT2D eigenvalue weighted by Crippen LogP contribution is 2.35. The quantitative estimate of drug-likeness (QED) is 0.175. The first-order valence-corrected chi connectivity index (χ1v) is 13.7. The number of aromatic nitrogens is 2. The van der Waals surface area contributed by atoms with Crippen molar-refractivity contribution >= 4 is 46.3 Å². The van der Waals surface area contributed by atoms with Gasteiger partial charge in [0.05, 0.1) is 10.6 Å². The van der Waals surface area contributed by atoms with Crippen molar-refractivity contribution in [2.75, 3.05) is 6.54 Å². The second kappa shape index (κ2) is 12.3. The number of carbonyl (C=O) groups excluding carboxylic acids is 1. The van der Waals surface area contributed by atoms with Crippen LogP contribution in [-0.4, -0.2) is 42.5 Å². The Hall–Kier alpha value is -4.28. The molecule has 202 valence electrons. The summed E-state index contributed by atoms with van der Waals surface area (Å²) in [6, 6.07) is 23.4. The molecule has 1 aromatic heterocycles. The van der Waals surface area contributed by atoms with E-state index in [9.17, 15) is 14.0 Å². The summed E-state index contributed by atoms with van der Waals surface area (Å²) < 4.78 is 22.1. The van der Waals surface area contributed by atoms with E-state index < -0.39 is 5.97 Å². The predicted molar refractivity (Wildman–Crippen MR) is 156 cm³/mol. The summed E-state index contributed by atoms with van der Waals surface area (Å²) in [5, 5.41) is 13.8. The summed E-state index contributed by atoms with van der Waals surface area (Å²) in [7, 11) is 0. The molecule has 2 heterocycles. The molecule has 4 aromatic rings. The minimum absolute atomic E-state index is 0.0422. The molecule has 0 unspecified atom stereocenters. The van der Waals surface area contributed by atoms with Gasteiger partial charge in [0.2, 0.25) is 0 Å². The number of rotatable bonds is 10. The van der Waals surface area contributed by atoms with Crippen LogP contribution in [0.3, 0.4) is 0 Å². The van der Waals surface area contributed by atoms with E-state index >= 15 is 0 Å². The van der Waals surface area contributed by atoms with E-state index in [0.717, 1.165) is 11.3 Å². The molecule has 1 fully saturated rings. The fourth-order valence-electron chi connectivity index (χ4n) is 4.16. The third-order valence-corrected chi connectivity index (χ3v) is 7.53. The normalized spacial score (nSPS) is 14.2.